The average Bonchev–Trinajstić information content (AvgIpc) is 2.55. The number of halogens is 1. The van der Waals surface area contributed by atoms with Crippen LogP contribution in [0.5, 0.6) is 0 Å². The Bertz CT molecular complexity index is 470. The summed E-state index contributed by atoms with van der Waals surface area (Å²) in [5.41, 5.74) is 2.79. The van der Waals surface area contributed by atoms with E-state index < -0.39 is 0 Å². The highest BCUT2D eigenvalue weighted by Crippen LogP contribution is 2.27. The van der Waals surface area contributed by atoms with Gasteiger partial charge in [0.25, 0.3) is 0 Å². The lowest BCUT2D eigenvalue weighted by Gasteiger charge is -2.04. The maximum absolute atomic E-state index is 11.7. The van der Waals surface area contributed by atoms with Gasteiger partial charge in [0, 0.05) is 12.1 Å². The number of benzene rings is 1. The minimum Gasteiger partial charge on any atom is -0.356 e. The van der Waals surface area contributed by atoms with E-state index in [9.17, 15) is 9.59 Å². The molecule has 0 spiro atoms. The van der Waals surface area contributed by atoms with E-state index >= 15 is 0 Å². The summed E-state index contributed by atoms with van der Waals surface area (Å²) >= 11 is 3.36. The van der Waals surface area contributed by atoms with Crippen LogP contribution in [0.25, 0.3) is 0 Å². The zero-order valence-corrected chi connectivity index (χ0v) is 11.2. The summed E-state index contributed by atoms with van der Waals surface area (Å²) < 4.78 is 0. The number of ketones is 1. The van der Waals surface area contributed by atoms with E-state index in [2.05, 4.69) is 21.2 Å². The van der Waals surface area contributed by atoms with E-state index in [4.69, 9.17) is 0 Å². The first-order chi connectivity index (χ1) is 8.11. The standard InChI is InChI=1S/C13H14BrNO2/c1-2-15-12(16)6-8-3-4-10-9(5-8)7-11(14)13(10)17/h3-5,11H,2,6-7H2,1H3,(H,15,16). The fourth-order valence-electron chi connectivity index (χ4n) is 2.07. The summed E-state index contributed by atoms with van der Waals surface area (Å²) in [5.74, 6) is 0.164. The minimum atomic E-state index is -0.0998. The van der Waals surface area contributed by atoms with Crippen molar-refractivity contribution >= 4 is 27.6 Å². The zero-order valence-electron chi connectivity index (χ0n) is 9.63. The van der Waals surface area contributed by atoms with Crippen LogP contribution in [0, 0.1) is 0 Å². The molecule has 0 heterocycles. The number of hydrogen-bond acceptors (Lipinski definition) is 2. The Labute approximate surface area is 109 Å². The van der Waals surface area contributed by atoms with Crippen LogP contribution >= 0.6 is 15.9 Å². The summed E-state index contributed by atoms with van der Waals surface area (Å²) in [4.78, 5) is 23.1. The van der Waals surface area contributed by atoms with Gasteiger partial charge in [0.05, 0.1) is 11.2 Å². The number of alkyl halides is 1. The van der Waals surface area contributed by atoms with Gasteiger partial charge in [-0.05, 0) is 24.5 Å². The van der Waals surface area contributed by atoms with Crippen molar-refractivity contribution in [2.75, 3.05) is 6.54 Å². The summed E-state index contributed by atoms with van der Waals surface area (Å²) in [7, 11) is 0. The highest BCUT2D eigenvalue weighted by atomic mass is 79.9. The lowest BCUT2D eigenvalue weighted by atomic mass is 10.0. The molecule has 3 nitrogen and oxygen atoms in total. The van der Waals surface area contributed by atoms with Crippen LogP contribution in [0.2, 0.25) is 0 Å². The second-order valence-corrected chi connectivity index (χ2v) is 5.26. The van der Waals surface area contributed by atoms with Crippen molar-refractivity contribution in [2.24, 2.45) is 0 Å². The first kappa shape index (κ1) is 12.3. The molecule has 0 fully saturated rings. The molecule has 17 heavy (non-hydrogen) atoms. The van der Waals surface area contributed by atoms with Gasteiger partial charge in [-0.25, -0.2) is 0 Å². The van der Waals surface area contributed by atoms with Gasteiger partial charge in [-0.15, -0.1) is 0 Å². The number of Topliss-reactive ketones (excluding diaryl/α,β-unsaturated/α-hetero) is 1. The van der Waals surface area contributed by atoms with Crippen molar-refractivity contribution < 1.29 is 9.59 Å². The normalized spacial score (nSPS) is 18.0. The topological polar surface area (TPSA) is 46.2 Å². The molecule has 0 aliphatic heterocycles. The van der Waals surface area contributed by atoms with Crippen molar-refractivity contribution in [3.05, 3.63) is 34.9 Å². The molecule has 0 saturated heterocycles. The van der Waals surface area contributed by atoms with E-state index in [-0.39, 0.29) is 16.5 Å². The summed E-state index contributed by atoms with van der Waals surface area (Å²) in [6.07, 6.45) is 1.10. The molecule has 1 aromatic carbocycles. The Morgan fingerprint density at radius 1 is 1.53 bits per heavy atom. The number of nitrogens with one attached hydrogen (secondary N) is 1. The number of amides is 1. The van der Waals surface area contributed by atoms with Gasteiger partial charge in [-0.3, -0.25) is 9.59 Å². The SMILES string of the molecule is CCNC(=O)Cc1ccc2c(c1)CC(Br)C2=O. The van der Waals surface area contributed by atoms with E-state index in [1.165, 1.54) is 0 Å². The van der Waals surface area contributed by atoms with E-state index in [1.807, 2.05) is 25.1 Å². The van der Waals surface area contributed by atoms with Crippen LogP contribution in [-0.4, -0.2) is 23.1 Å². The fraction of sp³-hybridized carbons (Fsp3) is 0.385. The maximum Gasteiger partial charge on any atom is 0.224 e. The molecule has 1 unspecified atom stereocenters. The minimum absolute atomic E-state index is 0.0205. The Hall–Kier alpha value is -1.16. The molecule has 1 aromatic rings. The molecule has 1 aliphatic carbocycles. The van der Waals surface area contributed by atoms with Gasteiger partial charge < -0.3 is 5.32 Å². The molecule has 0 radical (unpaired) electrons. The highest BCUT2D eigenvalue weighted by Gasteiger charge is 2.28. The van der Waals surface area contributed by atoms with Gasteiger partial charge >= 0.3 is 0 Å². The van der Waals surface area contributed by atoms with E-state index in [0.717, 1.165) is 23.1 Å². The quantitative estimate of drug-likeness (QED) is 0.866. The van der Waals surface area contributed by atoms with Gasteiger partial charge in [-0.1, -0.05) is 34.1 Å². The van der Waals surface area contributed by atoms with Gasteiger partial charge in [0.15, 0.2) is 5.78 Å². The summed E-state index contributed by atoms with van der Waals surface area (Å²) in [6.45, 7) is 2.54. The van der Waals surface area contributed by atoms with Gasteiger partial charge in [0.2, 0.25) is 5.91 Å². The third kappa shape index (κ3) is 2.57. The van der Waals surface area contributed by atoms with Crippen molar-refractivity contribution in [1.29, 1.82) is 0 Å². The van der Waals surface area contributed by atoms with Crippen molar-refractivity contribution in [2.45, 2.75) is 24.6 Å². The predicted molar refractivity (Wildman–Crippen MR) is 69.6 cm³/mol. The molecule has 0 aromatic heterocycles. The fourth-order valence-corrected chi connectivity index (χ4v) is 2.66. The molecule has 1 aliphatic rings. The molecule has 2 rings (SSSR count). The molecule has 90 valence electrons. The first-order valence-corrected chi connectivity index (χ1v) is 6.60. The predicted octanol–water partition coefficient (Wildman–Crippen LogP) is 1.87. The van der Waals surface area contributed by atoms with Crippen LogP contribution in [0.15, 0.2) is 18.2 Å². The monoisotopic (exact) mass is 295 g/mol. The van der Waals surface area contributed by atoms with Gasteiger partial charge in [-0.2, -0.15) is 0 Å². The average molecular weight is 296 g/mol. The lowest BCUT2D eigenvalue weighted by Crippen LogP contribution is -2.24. The van der Waals surface area contributed by atoms with Gasteiger partial charge in [0.1, 0.15) is 0 Å². The second kappa shape index (κ2) is 5.00. The summed E-state index contributed by atoms with van der Waals surface area (Å²) in [5, 5.41) is 2.76. The van der Waals surface area contributed by atoms with Crippen LogP contribution in [0.1, 0.15) is 28.4 Å². The molecule has 0 saturated carbocycles. The second-order valence-electron chi connectivity index (χ2n) is 4.16. The molecular formula is C13H14BrNO2. The number of carbonyl (C=O) groups excluding carboxylic acids is 2. The molecule has 0 bridgehead atoms. The Kier molecular flexibility index (Phi) is 3.62. The molecule has 1 N–H and O–H groups in total. The number of carbonyl (C=O) groups is 2. The molecule has 1 amide bonds. The van der Waals surface area contributed by atoms with Crippen molar-refractivity contribution in [1.82, 2.24) is 5.32 Å². The van der Waals surface area contributed by atoms with Crippen LogP contribution in [0.3, 0.4) is 0 Å². The summed E-state index contributed by atoms with van der Waals surface area (Å²) in [6, 6.07) is 5.65. The lowest BCUT2D eigenvalue weighted by molar-refractivity contribution is -0.120. The van der Waals surface area contributed by atoms with E-state index in [1.54, 1.807) is 0 Å². The maximum atomic E-state index is 11.7. The van der Waals surface area contributed by atoms with Crippen molar-refractivity contribution in [3.63, 3.8) is 0 Å². The molecule has 1 atom stereocenters. The Morgan fingerprint density at radius 3 is 3.00 bits per heavy atom. The molecule has 4 heteroatoms. The number of likely N-dealkylation sites (N-methyl/N-ethyl adjacent to an activating group) is 1. The zero-order chi connectivity index (χ0) is 12.4. The largest absolute Gasteiger partial charge is 0.356 e. The van der Waals surface area contributed by atoms with Crippen LogP contribution in [-0.2, 0) is 17.6 Å². The molecular weight excluding hydrogens is 282 g/mol. The van der Waals surface area contributed by atoms with Crippen LogP contribution < -0.4 is 5.32 Å². The smallest absolute Gasteiger partial charge is 0.224 e. The third-order valence-corrected chi connectivity index (χ3v) is 3.60. The third-order valence-electron chi connectivity index (χ3n) is 2.86. The highest BCUT2D eigenvalue weighted by molar-refractivity contribution is 9.10. The van der Waals surface area contributed by atoms with Crippen LogP contribution in [0.4, 0.5) is 0 Å². The first-order valence-electron chi connectivity index (χ1n) is 5.68. The number of hydrogen-bond donors (Lipinski definition) is 1. The Morgan fingerprint density at radius 2 is 2.29 bits per heavy atom. The Balaban J connectivity index is 2.16. The number of rotatable bonds is 3. The van der Waals surface area contributed by atoms with Crippen molar-refractivity contribution in [3.8, 4) is 0 Å². The van der Waals surface area contributed by atoms with E-state index in [0.29, 0.717) is 13.0 Å². The number of fused-ring (bicyclic) bond motifs is 1.